The van der Waals surface area contributed by atoms with Crippen molar-refractivity contribution in [2.24, 2.45) is 16.2 Å². The van der Waals surface area contributed by atoms with Gasteiger partial charge in [0, 0.05) is 16.7 Å². The van der Waals surface area contributed by atoms with E-state index in [0.717, 1.165) is 0 Å². The van der Waals surface area contributed by atoms with Crippen LogP contribution in [0.3, 0.4) is 0 Å². The van der Waals surface area contributed by atoms with Crippen molar-refractivity contribution in [1.29, 1.82) is 0 Å². The third-order valence-electron chi connectivity index (χ3n) is 3.60. The van der Waals surface area contributed by atoms with Gasteiger partial charge in [0.2, 0.25) is 0 Å². The van der Waals surface area contributed by atoms with Crippen molar-refractivity contribution in [1.82, 2.24) is 5.32 Å². The summed E-state index contributed by atoms with van der Waals surface area (Å²) in [7, 11) is 0. The molecule has 0 bridgehead atoms. The Hall–Kier alpha value is -0.600. The molecule has 1 N–H and O–H groups in total. The van der Waals surface area contributed by atoms with Gasteiger partial charge in [-0.15, -0.1) is 0 Å². The maximum absolute atomic E-state index is 14.9. The number of alkyl halides is 2. The summed E-state index contributed by atoms with van der Waals surface area (Å²) in [5.74, 6) is -2.81. The van der Waals surface area contributed by atoms with Crippen LogP contribution in [0.4, 0.5) is 8.78 Å². The zero-order valence-corrected chi connectivity index (χ0v) is 13.8. The van der Waals surface area contributed by atoms with Crippen LogP contribution < -0.4 is 5.32 Å². The molecule has 0 saturated carbocycles. The number of hydrogen-bond donors (Lipinski definition) is 1. The Bertz CT molecular complexity index is 386. The molecule has 0 spiro atoms. The van der Waals surface area contributed by atoms with Gasteiger partial charge in [0.1, 0.15) is 0 Å². The van der Waals surface area contributed by atoms with Crippen molar-refractivity contribution in [2.75, 3.05) is 0 Å². The van der Waals surface area contributed by atoms with Gasteiger partial charge in [-0.2, -0.15) is 8.78 Å². The minimum Gasteiger partial charge on any atom is -0.378 e. The summed E-state index contributed by atoms with van der Waals surface area (Å²) in [5.41, 5.74) is -0.352. The van der Waals surface area contributed by atoms with Gasteiger partial charge < -0.3 is 5.32 Å². The van der Waals surface area contributed by atoms with E-state index in [4.69, 9.17) is 0 Å². The molecule has 0 aromatic carbocycles. The minimum absolute atomic E-state index is 0.271. The summed E-state index contributed by atoms with van der Waals surface area (Å²) in [6.07, 6.45) is 0. The van der Waals surface area contributed by atoms with Crippen LogP contribution in [0.1, 0.15) is 62.3 Å². The highest BCUT2D eigenvalue weighted by Crippen LogP contribution is 2.52. The van der Waals surface area contributed by atoms with E-state index in [1.165, 1.54) is 0 Å². The molecule has 0 aliphatic carbocycles. The van der Waals surface area contributed by atoms with Gasteiger partial charge in [-0.05, 0) is 10.8 Å². The number of halogens is 2. The first-order valence-electron chi connectivity index (χ1n) is 6.99. The van der Waals surface area contributed by atoms with Crippen LogP contribution in [0.25, 0.3) is 0 Å². The first-order chi connectivity index (χ1) is 8.09. The lowest BCUT2D eigenvalue weighted by molar-refractivity contribution is -0.0324. The van der Waals surface area contributed by atoms with Crippen molar-refractivity contribution in [3.05, 3.63) is 11.3 Å². The van der Waals surface area contributed by atoms with Crippen LogP contribution in [-0.2, 0) is 0 Å². The zero-order chi connectivity index (χ0) is 15.4. The lowest BCUT2D eigenvalue weighted by Gasteiger charge is -2.35. The van der Waals surface area contributed by atoms with Gasteiger partial charge in [0.15, 0.2) is 0 Å². The van der Waals surface area contributed by atoms with Crippen LogP contribution >= 0.6 is 0 Å². The van der Waals surface area contributed by atoms with Gasteiger partial charge in [-0.25, -0.2) is 0 Å². The molecule has 1 aliphatic heterocycles. The smallest absolute Gasteiger partial charge is 0.291 e. The molecule has 1 rings (SSSR count). The summed E-state index contributed by atoms with van der Waals surface area (Å²) in [6.45, 7) is 17.2. The molecule has 0 radical (unpaired) electrons. The first kappa shape index (κ1) is 16.5. The second kappa shape index (κ2) is 4.20. The highest BCUT2D eigenvalue weighted by atomic mass is 19.3. The van der Waals surface area contributed by atoms with E-state index in [1.54, 1.807) is 0 Å². The number of rotatable bonds is 0. The van der Waals surface area contributed by atoms with E-state index in [9.17, 15) is 8.78 Å². The Balaban J connectivity index is 3.47. The van der Waals surface area contributed by atoms with E-state index in [2.05, 4.69) is 5.32 Å². The molecular formula is C16H29F2N. The molecule has 1 aliphatic rings. The number of allylic oxidation sites excluding steroid dienone is 1. The molecule has 19 heavy (non-hydrogen) atoms. The SMILES string of the molecule is CC(C)(C)C1=C(C(C)(C)C)C(F)(F)C(C(C)(C)C)N1. The molecule has 0 aromatic rings. The summed E-state index contributed by atoms with van der Waals surface area (Å²) < 4.78 is 29.9. The maximum Gasteiger partial charge on any atom is 0.291 e. The average Bonchev–Trinajstić information content (AvgIpc) is 2.33. The Kier molecular flexibility index (Phi) is 3.63. The predicted octanol–water partition coefficient (Wildman–Crippen LogP) is 4.99. The third-order valence-corrected chi connectivity index (χ3v) is 3.60. The van der Waals surface area contributed by atoms with Crippen LogP contribution in [0.2, 0.25) is 0 Å². The van der Waals surface area contributed by atoms with E-state index < -0.39 is 22.8 Å². The highest BCUT2D eigenvalue weighted by Gasteiger charge is 2.58. The Labute approximate surface area is 116 Å². The van der Waals surface area contributed by atoms with Crippen molar-refractivity contribution < 1.29 is 8.78 Å². The fraction of sp³-hybridized carbons (Fsp3) is 0.875. The average molecular weight is 273 g/mol. The van der Waals surface area contributed by atoms with Crippen LogP contribution in [0.5, 0.6) is 0 Å². The Morgan fingerprint density at radius 2 is 1.26 bits per heavy atom. The molecule has 0 saturated heterocycles. The second-order valence-corrected chi connectivity index (χ2v) is 8.82. The number of nitrogens with one attached hydrogen (secondary N) is 1. The van der Waals surface area contributed by atoms with Crippen molar-refractivity contribution in [3.63, 3.8) is 0 Å². The summed E-state index contributed by atoms with van der Waals surface area (Å²) in [5, 5.41) is 3.15. The fourth-order valence-electron chi connectivity index (χ4n) is 2.84. The summed E-state index contributed by atoms with van der Waals surface area (Å²) in [4.78, 5) is 0. The van der Waals surface area contributed by atoms with Gasteiger partial charge in [-0.1, -0.05) is 62.3 Å². The lowest BCUT2D eigenvalue weighted by Crippen LogP contribution is -2.49. The predicted molar refractivity (Wildman–Crippen MR) is 77.3 cm³/mol. The van der Waals surface area contributed by atoms with E-state index in [-0.39, 0.29) is 11.0 Å². The fourth-order valence-corrected chi connectivity index (χ4v) is 2.84. The van der Waals surface area contributed by atoms with Crippen molar-refractivity contribution in [3.8, 4) is 0 Å². The third kappa shape index (κ3) is 2.95. The van der Waals surface area contributed by atoms with Crippen LogP contribution in [0.15, 0.2) is 11.3 Å². The Morgan fingerprint density at radius 1 is 0.842 bits per heavy atom. The molecule has 1 atom stereocenters. The van der Waals surface area contributed by atoms with E-state index in [0.29, 0.717) is 5.70 Å². The molecule has 1 unspecified atom stereocenters. The topological polar surface area (TPSA) is 12.0 Å². The molecule has 0 fully saturated rings. The molecule has 112 valence electrons. The quantitative estimate of drug-likeness (QED) is 0.656. The molecule has 0 aromatic heterocycles. The van der Waals surface area contributed by atoms with Gasteiger partial charge in [0.25, 0.3) is 5.92 Å². The molecule has 1 heterocycles. The molecule has 1 nitrogen and oxygen atoms in total. The van der Waals surface area contributed by atoms with Gasteiger partial charge >= 0.3 is 0 Å². The monoisotopic (exact) mass is 273 g/mol. The molecule has 3 heteroatoms. The van der Waals surface area contributed by atoms with Gasteiger partial charge in [-0.3, -0.25) is 0 Å². The normalized spacial score (nSPS) is 24.7. The minimum atomic E-state index is -2.81. The Morgan fingerprint density at radius 3 is 1.47 bits per heavy atom. The largest absolute Gasteiger partial charge is 0.378 e. The van der Waals surface area contributed by atoms with Gasteiger partial charge in [0.05, 0.1) is 6.04 Å². The van der Waals surface area contributed by atoms with Crippen LogP contribution in [-0.4, -0.2) is 12.0 Å². The molecule has 0 amide bonds. The standard InChI is InChI=1S/C16H29F2N/c1-13(2,3)10-11(14(4,5)6)19-12(15(7,8)9)16(10,17)18/h12,19H,1-9H3. The maximum atomic E-state index is 14.9. The first-order valence-corrected chi connectivity index (χ1v) is 6.99. The second-order valence-electron chi connectivity index (χ2n) is 8.82. The highest BCUT2D eigenvalue weighted by molar-refractivity contribution is 5.38. The zero-order valence-electron chi connectivity index (χ0n) is 13.8. The molecular weight excluding hydrogens is 244 g/mol. The summed E-state index contributed by atoms with van der Waals surface area (Å²) in [6, 6.07) is -0.844. The van der Waals surface area contributed by atoms with Crippen LogP contribution in [0, 0.1) is 16.2 Å². The van der Waals surface area contributed by atoms with E-state index >= 15 is 0 Å². The van der Waals surface area contributed by atoms with Crippen molar-refractivity contribution >= 4 is 0 Å². The van der Waals surface area contributed by atoms with Crippen molar-refractivity contribution in [2.45, 2.75) is 74.3 Å². The lowest BCUT2D eigenvalue weighted by atomic mass is 9.74. The number of hydrogen-bond acceptors (Lipinski definition) is 1. The summed E-state index contributed by atoms with van der Waals surface area (Å²) >= 11 is 0. The van der Waals surface area contributed by atoms with E-state index in [1.807, 2.05) is 62.3 Å².